The second-order valence-corrected chi connectivity index (χ2v) is 10.7. The van der Waals surface area contributed by atoms with Gasteiger partial charge in [-0.2, -0.15) is 5.10 Å². The quantitative estimate of drug-likeness (QED) is 0.408. The first-order valence-corrected chi connectivity index (χ1v) is 13.2. The fraction of sp³-hybridized carbons (Fsp3) is 0.519. The molecule has 1 aliphatic carbocycles. The lowest BCUT2D eigenvalue weighted by Crippen LogP contribution is -2.43. The van der Waals surface area contributed by atoms with Crippen molar-refractivity contribution < 1.29 is 9.50 Å². The van der Waals surface area contributed by atoms with Crippen LogP contribution in [-0.4, -0.2) is 55.4 Å². The highest BCUT2D eigenvalue weighted by molar-refractivity contribution is 6.32. The van der Waals surface area contributed by atoms with Gasteiger partial charge in [0.2, 0.25) is 0 Å². The van der Waals surface area contributed by atoms with E-state index in [1.165, 1.54) is 6.20 Å². The Kier molecular flexibility index (Phi) is 7.55. The summed E-state index contributed by atoms with van der Waals surface area (Å²) in [7, 11) is 0. The fourth-order valence-corrected chi connectivity index (χ4v) is 5.82. The maximum absolute atomic E-state index is 15.3. The molecule has 1 aromatic carbocycles. The lowest BCUT2D eigenvalue weighted by Gasteiger charge is -2.40. The highest BCUT2D eigenvalue weighted by atomic mass is 35.5. The van der Waals surface area contributed by atoms with Crippen molar-refractivity contribution in [3.05, 3.63) is 63.4 Å². The van der Waals surface area contributed by atoms with Gasteiger partial charge in [-0.15, -0.1) is 0 Å². The number of piperidine rings is 1. The number of rotatable bonds is 6. The average Bonchev–Trinajstić information content (AvgIpc) is 3.28. The molecule has 0 amide bonds. The third-order valence-electron chi connectivity index (χ3n) is 7.68. The van der Waals surface area contributed by atoms with Crippen LogP contribution in [0.15, 0.2) is 24.4 Å². The summed E-state index contributed by atoms with van der Waals surface area (Å²) in [5, 5.41) is 20.3. The van der Waals surface area contributed by atoms with Crippen LogP contribution in [0, 0.1) is 19.7 Å². The molecular formula is C27H34ClFN6O. The van der Waals surface area contributed by atoms with Crippen molar-refractivity contribution in [2.24, 2.45) is 0 Å². The van der Waals surface area contributed by atoms with Crippen LogP contribution in [0.5, 0.6) is 0 Å². The SMILES string of the molecule is Cc1cc(Nc2nc(Cc3cc(C)c(C4CCN(C5CCC(O)CC5)CC4)cc3F)ncc2Cl)n[nH]1. The standard InChI is InChI=1S/C27H34ClFN6O/c1-16-11-19(13-25-30-15-23(28)27(31-25)32-26-12-17(2)33-34-26)24(29)14-22(16)18-7-9-35(10-8-18)20-3-5-21(36)6-4-20/h11-12,14-15,18,20-21,36H,3-10,13H2,1-2H3,(H2,30,31,32,33,34). The molecule has 192 valence electrons. The zero-order valence-electron chi connectivity index (χ0n) is 20.9. The number of aromatic amines is 1. The van der Waals surface area contributed by atoms with Gasteiger partial charge in [-0.1, -0.05) is 17.7 Å². The number of nitrogens with zero attached hydrogens (tertiary/aromatic N) is 4. The largest absolute Gasteiger partial charge is 0.393 e. The summed E-state index contributed by atoms with van der Waals surface area (Å²) in [5.74, 6) is 1.71. The number of H-pyrrole nitrogens is 1. The Labute approximate surface area is 216 Å². The molecule has 1 saturated carbocycles. The molecular weight excluding hydrogens is 479 g/mol. The summed E-state index contributed by atoms with van der Waals surface area (Å²) in [6.07, 6.45) is 7.77. The highest BCUT2D eigenvalue weighted by Crippen LogP contribution is 2.35. The molecule has 1 saturated heterocycles. The molecule has 7 nitrogen and oxygen atoms in total. The highest BCUT2D eigenvalue weighted by Gasteiger charge is 2.29. The number of aliphatic hydroxyl groups is 1. The van der Waals surface area contributed by atoms with Crippen molar-refractivity contribution >= 4 is 23.2 Å². The minimum Gasteiger partial charge on any atom is -0.393 e. The number of benzene rings is 1. The Bertz CT molecular complexity index is 1200. The first-order valence-electron chi connectivity index (χ1n) is 12.9. The monoisotopic (exact) mass is 512 g/mol. The van der Waals surface area contributed by atoms with Crippen molar-refractivity contribution in [2.75, 3.05) is 18.4 Å². The van der Waals surface area contributed by atoms with Crippen molar-refractivity contribution in [3.8, 4) is 0 Å². The minimum atomic E-state index is -0.213. The number of hydrogen-bond acceptors (Lipinski definition) is 6. The predicted molar refractivity (Wildman–Crippen MR) is 139 cm³/mol. The second kappa shape index (κ2) is 10.8. The van der Waals surface area contributed by atoms with Crippen LogP contribution in [0.2, 0.25) is 5.02 Å². The zero-order valence-corrected chi connectivity index (χ0v) is 21.7. The van der Waals surface area contributed by atoms with Gasteiger partial charge < -0.3 is 15.3 Å². The Balaban J connectivity index is 1.25. The van der Waals surface area contributed by atoms with E-state index in [1.807, 2.05) is 19.1 Å². The van der Waals surface area contributed by atoms with Gasteiger partial charge in [0, 0.05) is 24.2 Å². The van der Waals surface area contributed by atoms with Gasteiger partial charge in [0.25, 0.3) is 0 Å². The number of aromatic nitrogens is 4. The van der Waals surface area contributed by atoms with Crippen molar-refractivity contribution in [3.63, 3.8) is 0 Å². The minimum absolute atomic E-state index is 0.121. The maximum Gasteiger partial charge on any atom is 0.154 e. The predicted octanol–water partition coefficient (Wildman–Crippen LogP) is 5.43. The molecule has 3 aromatic rings. The number of hydrogen-bond donors (Lipinski definition) is 3. The van der Waals surface area contributed by atoms with E-state index in [1.54, 1.807) is 6.07 Å². The second-order valence-electron chi connectivity index (χ2n) is 10.3. The topological polar surface area (TPSA) is 90.0 Å². The summed E-state index contributed by atoms with van der Waals surface area (Å²) in [6.45, 7) is 6.06. The van der Waals surface area contributed by atoms with Crippen LogP contribution in [-0.2, 0) is 6.42 Å². The molecule has 0 spiro atoms. The van der Waals surface area contributed by atoms with E-state index in [0.717, 1.165) is 68.4 Å². The molecule has 5 rings (SSSR count). The number of aliphatic hydroxyl groups excluding tert-OH is 1. The van der Waals surface area contributed by atoms with Crippen LogP contribution in [0.25, 0.3) is 0 Å². The lowest BCUT2D eigenvalue weighted by atomic mass is 9.84. The van der Waals surface area contributed by atoms with Crippen LogP contribution >= 0.6 is 11.6 Å². The van der Waals surface area contributed by atoms with Crippen LogP contribution in [0.3, 0.4) is 0 Å². The molecule has 0 unspecified atom stereocenters. The van der Waals surface area contributed by atoms with Crippen molar-refractivity contribution in [1.29, 1.82) is 0 Å². The molecule has 2 aliphatic rings. The summed E-state index contributed by atoms with van der Waals surface area (Å²) in [6, 6.07) is 6.11. The van der Waals surface area contributed by atoms with Crippen molar-refractivity contribution in [1.82, 2.24) is 25.1 Å². The average molecular weight is 513 g/mol. The Hall–Kier alpha value is -2.55. The Morgan fingerprint density at radius 2 is 1.86 bits per heavy atom. The summed E-state index contributed by atoms with van der Waals surface area (Å²) >= 11 is 6.27. The van der Waals surface area contributed by atoms with E-state index in [9.17, 15) is 5.11 Å². The van der Waals surface area contributed by atoms with Crippen molar-refractivity contribution in [2.45, 2.75) is 76.9 Å². The number of anilines is 2. The molecule has 3 heterocycles. The number of likely N-dealkylation sites (tertiary alicyclic amines) is 1. The summed E-state index contributed by atoms with van der Waals surface area (Å²) in [5.41, 5.74) is 3.73. The van der Waals surface area contributed by atoms with E-state index < -0.39 is 0 Å². The summed E-state index contributed by atoms with van der Waals surface area (Å²) < 4.78 is 15.3. The number of nitrogens with one attached hydrogen (secondary N) is 2. The van der Waals surface area contributed by atoms with Gasteiger partial charge in [-0.05, 0) is 94.1 Å². The maximum atomic E-state index is 15.3. The van der Waals surface area contributed by atoms with Crippen LogP contribution < -0.4 is 5.32 Å². The first-order chi connectivity index (χ1) is 17.4. The Morgan fingerprint density at radius 3 is 2.56 bits per heavy atom. The Morgan fingerprint density at radius 1 is 1.11 bits per heavy atom. The van der Waals surface area contributed by atoms with E-state index in [0.29, 0.717) is 40.0 Å². The molecule has 0 bridgehead atoms. The molecule has 0 radical (unpaired) electrons. The smallest absolute Gasteiger partial charge is 0.154 e. The van der Waals surface area contributed by atoms with Gasteiger partial charge in [-0.3, -0.25) is 5.10 Å². The molecule has 36 heavy (non-hydrogen) atoms. The molecule has 3 N–H and O–H groups in total. The van der Waals surface area contributed by atoms with E-state index in [2.05, 4.69) is 37.3 Å². The molecule has 2 fully saturated rings. The molecule has 2 aromatic heterocycles. The van der Waals surface area contributed by atoms with Crippen LogP contribution in [0.1, 0.15) is 72.7 Å². The van der Waals surface area contributed by atoms with Gasteiger partial charge in [0.05, 0.1) is 12.3 Å². The van der Waals surface area contributed by atoms with Crippen LogP contribution in [0.4, 0.5) is 16.0 Å². The van der Waals surface area contributed by atoms with Gasteiger partial charge >= 0.3 is 0 Å². The third kappa shape index (κ3) is 5.71. The summed E-state index contributed by atoms with van der Waals surface area (Å²) in [4.78, 5) is 11.4. The van der Waals surface area contributed by atoms with Gasteiger partial charge in [0.1, 0.15) is 16.7 Å². The molecule has 1 aliphatic heterocycles. The number of halogens is 2. The number of aryl methyl sites for hydroxylation is 2. The fourth-order valence-electron chi connectivity index (χ4n) is 5.68. The zero-order chi connectivity index (χ0) is 25.2. The normalized spacial score (nSPS) is 21.6. The third-order valence-corrected chi connectivity index (χ3v) is 7.96. The van der Waals surface area contributed by atoms with E-state index in [4.69, 9.17) is 11.6 Å². The molecule has 9 heteroatoms. The first kappa shape index (κ1) is 25.1. The molecule has 0 atom stereocenters. The lowest BCUT2D eigenvalue weighted by molar-refractivity contribution is 0.0618. The van der Waals surface area contributed by atoms with Gasteiger partial charge in [-0.25, -0.2) is 14.4 Å². The van der Waals surface area contributed by atoms with E-state index >= 15 is 4.39 Å². The van der Waals surface area contributed by atoms with Gasteiger partial charge in [0.15, 0.2) is 11.6 Å². The van der Waals surface area contributed by atoms with E-state index in [-0.39, 0.29) is 18.3 Å².